The summed E-state index contributed by atoms with van der Waals surface area (Å²) in [4.78, 5) is 173. The second-order valence-electron chi connectivity index (χ2n) is 27.3. The molecule has 13 atom stereocenters. The maximum absolute atomic E-state index is 15.2. The molecule has 24 heteroatoms. The number of aliphatic hydroxyl groups is 1. The van der Waals surface area contributed by atoms with E-state index < -0.39 is 161 Å². The third-order valence-corrected chi connectivity index (χ3v) is 18.9. The van der Waals surface area contributed by atoms with Gasteiger partial charge < -0.3 is 60.3 Å². The predicted molar refractivity (Wildman–Crippen MR) is 341 cm³/mol. The van der Waals surface area contributed by atoms with Crippen LogP contribution in [0.5, 0.6) is 0 Å². The molecule has 23 nitrogen and oxygen atoms in total. The van der Waals surface area contributed by atoms with Crippen LogP contribution in [0.1, 0.15) is 155 Å². The first-order valence-corrected chi connectivity index (χ1v) is 32.9. The Bertz CT molecular complexity index is 2490. The van der Waals surface area contributed by atoms with Crippen LogP contribution < -0.4 is 16.0 Å². The summed E-state index contributed by atoms with van der Waals surface area (Å²) in [7, 11) is 10.1. The number of rotatable bonds is 15. The van der Waals surface area contributed by atoms with E-state index >= 15 is 19.2 Å². The topological polar surface area (TPSA) is 270 Å². The highest BCUT2D eigenvalue weighted by Gasteiger charge is 2.51. The van der Waals surface area contributed by atoms with Crippen molar-refractivity contribution in [3.63, 3.8) is 0 Å². The lowest BCUT2D eigenvalue weighted by Gasteiger charge is -2.42. The molecular formula is C64H111N11O12S. The number of hydrogen-bond donors (Lipinski definition) is 4. The Morgan fingerprint density at radius 1 is 0.511 bits per heavy atom. The van der Waals surface area contributed by atoms with Crippen LogP contribution in [0.25, 0.3) is 0 Å². The van der Waals surface area contributed by atoms with E-state index in [0.29, 0.717) is 12.8 Å². The number of thioether (sulfide) groups is 1. The molecule has 0 aromatic rings. The molecule has 3 heterocycles. The van der Waals surface area contributed by atoms with Gasteiger partial charge in [-0.3, -0.25) is 52.7 Å². The quantitative estimate of drug-likeness (QED) is 0.170. The number of carbonyl (C=O) groups is 11. The SMILES string of the molecule is C/C=C/CC(C)C(O)C1C(=O)NC(CC)C(=O)N(C)CC(=O)N(C)C(CC(C)C)C(=O)NC(C(C)C)C(=O)N(C)C(CC(C)C)C(=O)NC2CCC3SCC(C(=O)N(C)C(CC(C)C)C(=O)N(C)C(CC(C)C)C(=O)N(C)C(C(C)C)C(=O)N1C)N3C2=O. The van der Waals surface area contributed by atoms with Crippen molar-refractivity contribution < 1.29 is 57.8 Å². The van der Waals surface area contributed by atoms with Crippen LogP contribution in [-0.4, -0.2) is 243 Å². The molecule has 88 heavy (non-hydrogen) atoms. The number of allylic oxidation sites excluding steroid dienone is 2. The Labute approximate surface area is 529 Å². The summed E-state index contributed by atoms with van der Waals surface area (Å²) < 4.78 is 0. The van der Waals surface area contributed by atoms with E-state index in [4.69, 9.17) is 0 Å². The van der Waals surface area contributed by atoms with Crippen molar-refractivity contribution >= 4 is 76.7 Å². The Kier molecular flexibility index (Phi) is 29.4. The molecule has 13 unspecified atom stereocenters. The fraction of sp³-hybridized carbons (Fsp3) is 0.797. The largest absolute Gasteiger partial charge is 0.390 e. The number of amides is 11. The highest BCUT2D eigenvalue weighted by molar-refractivity contribution is 8.00. The molecule has 4 N–H and O–H groups in total. The monoisotopic (exact) mass is 1260 g/mol. The van der Waals surface area contributed by atoms with Gasteiger partial charge in [-0.15, -0.1) is 11.8 Å². The summed E-state index contributed by atoms with van der Waals surface area (Å²) in [6, 6.07) is -11.9. The number of fused-ring (bicyclic) bond motifs is 1. The lowest BCUT2D eigenvalue weighted by atomic mass is 9.91. The van der Waals surface area contributed by atoms with Crippen molar-refractivity contribution in [1.29, 1.82) is 0 Å². The normalized spacial score (nSPS) is 28.5. The van der Waals surface area contributed by atoms with Crippen molar-refractivity contribution in [3.05, 3.63) is 12.2 Å². The molecule has 0 radical (unpaired) electrons. The van der Waals surface area contributed by atoms with Crippen molar-refractivity contribution in [2.75, 3.05) is 61.6 Å². The molecule has 11 amide bonds. The van der Waals surface area contributed by atoms with Gasteiger partial charge in [0.05, 0.1) is 18.0 Å². The van der Waals surface area contributed by atoms with Gasteiger partial charge in [-0.05, 0) is 99.7 Å². The minimum absolute atomic E-state index is 0.0270. The zero-order chi connectivity index (χ0) is 67.3. The number of piperidine rings is 1. The third kappa shape index (κ3) is 19.1. The van der Waals surface area contributed by atoms with Gasteiger partial charge in [0, 0.05) is 55.1 Å². The zero-order valence-electron chi connectivity index (χ0n) is 57.1. The Hall–Kier alpha value is -5.78. The van der Waals surface area contributed by atoms with Crippen LogP contribution in [-0.2, 0) is 52.7 Å². The molecule has 3 saturated heterocycles. The van der Waals surface area contributed by atoms with Gasteiger partial charge in [-0.25, -0.2) is 0 Å². The van der Waals surface area contributed by atoms with Gasteiger partial charge in [0.25, 0.3) is 0 Å². The van der Waals surface area contributed by atoms with Crippen molar-refractivity contribution in [1.82, 2.24) is 55.1 Å². The first-order valence-electron chi connectivity index (χ1n) is 31.9. The van der Waals surface area contributed by atoms with E-state index in [1.54, 1.807) is 47.6 Å². The molecule has 0 aromatic heterocycles. The molecule has 3 aliphatic rings. The van der Waals surface area contributed by atoms with Gasteiger partial charge in [-0.1, -0.05) is 109 Å². The van der Waals surface area contributed by atoms with E-state index in [1.165, 1.54) is 90.5 Å². The number of nitrogens with one attached hydrogen (secondary N) is 3. The molecular weight excluding hydrogens is 1150 g/mol. The number of nitrogens with zero attached hydrogens (tertiary/aromatic N) is 8. The summed E-state index contributed by atoms with van der Waals surface area (Å²) in [5, 5.41) is 20.3. The molecule has 0 spiro atoms. The van der Waals surface area contributed by atoms with E-state index in [9.17, 15) is 38.7 Å². The smallest absolute Gasteiger partial charge is 0.246 e. The average molecular weight is 1260 g/mol. The second kappa shape index (κ2) is 33.9. The van der Waals surface area contributed by atoms with Crippen LogP contribution in [0.4, 0.5) is 0 Å². The van der Waals surface area contributed by atoms with E-state index in [0.717, 1.165) is 9.80 Å². The van der Waals surface area contributed by atoms with Gasteiger partial charge in [0.15, 0.2) is 0 Å². The minimum Gasteiger partial charge on any atom is -0.390 e. The minimum atomic E-state index is -1.61. The number of aliphatic hydroxyl groups excluding tert-OH is 1. The average Bonchev–Trinajstić information content (AvgIpc) is 1.99. The van der Waals surface area contributed by atoms with Crippen LogP contribution in [0.15, 0.2) is 12.2 Å². The fourth-order valence-corrected chi connectivity index (χ4v) is 13.5. The van der Waals surface area contributed by atoms with Crippen molar-refractivity contribution in [3.8, 4) is 0 Å². The highest BCUT2D eigenvalue weighted by Crippen LogP contribution is 2.38. The molecule has 0 aromatic carbocycles. The van der Waals surface area contributed by atoms with E-state index in [2.05, 4.69) is 16.0 Å². The zero-order valence-corrected chi connectivity index (χ0v) is 57.9. The Balaban J connectivity index is 2.33. The lowest BCUT2D eigenvalue weighted by molar-refractivity contribution is -0.158. The first kappa shape index (κ1) is 76.5. The lowest BCUT2D eigenvalue weighted by Crippen LogP contribution is -2.64. The van der Waals surface area contributed by atoms with Crippen LogP contribution in [0.2, 0.25) is 0 Å². The van der Waals surface area contributed by atoms with Crippen molar-refractivity contribution in [2.45, 2.75) is 227 Å². The maximum Gasteiger partial charge on any atom is 0.246 e. The van der Waals surface area contributed by atoms with Gasteiger partial charge >= 0.3 is 0 Å². The third-order valence-electron chi connectivity index (χ3n) is 17.5. The molecule has 0 aliphatic carbocycles. The highest BCUT2D eigenvalue weighted by atomic mass is 32.2. The number of likely N-dealkylation sites (N-methyl/N-ethyl adjacent to an activating group) is 7. The van der Waals surface area contributed by atoms with E-state index in [1.807, 2.05) is 68.4 Å². The van der Waals surface area contributed by atoms with Crippen LogP contribution in [0, 0.1) is 41.4 Å². The molecule has 3 aliphatic heterocycles. The van der Waals surface area contributed by atoms with E-state index in [-0.39, 0.29) is 67.9 Å². The number of hydrogen-bond acceptors (Lipinski definition) is 13. The Morgan fingerprint density at radius 3 is 1.47 bits per heavy atom. The summed E-state index contributed by atoms with van der Waals surface area (Å²) in [5.74, 6) is -8.83. The van der Waals surface area contributed by atoms with Crippen LogP contribution >= 0.6 is 11.8 Å². The van der Waals surface area contributed by atoms with Gasteiger partial charge in [0.2, 0.25) is 65.0 Å². The first-order chi connectivity index (χ1) is 40.9. The van der Waals surface area contributed by atoms with Crippen molar-refractivity contribution in [2.24, 2.45) is 41.4 Å². The van der Waals surface area contributed by atoms with Gasteiger partial charge in [0.1, 0.15) is 60.4 Å². The molecule has 2 bridgehead atoms. The summed E-state index contributed by atoms with van der Waals surface area (Å²) >= 11 is 1.44. The van der Waals surface area contributed by atoms with Crippen LogP contribution in [0.3, 0.4) is 0 Å². The molecule has 3 fully saturated rings. The Morgan fingerprint density at radius 2 is 0.977 bits per heavy atom. The maximum atomic E-state index is 15.2. The summed E-state index contributed by atoms with van der Waals surface area (Å²) in [6.45, 7) is 26.7. The summed E-state index contributed by atoms with van der Waals surface area (Å²) in [6.07, 6.45) is 3.84. The standard InChI is InChI=1S/C64H111N11O12S/c1-23-25-26-41(15)54(77)53-57(80)65-42(24-2)58(81)68(16)33-49(76)69(17)44(29-35(3)4)56(79)67-51(39(11)12)63(86)70(18)45(30-36(5)6)55(78)66-43-27-28-50-75(59(43)82)48(34-88-50)62(85)72(20)46(31-37(7)8)60(83)71(19)47(32-38(9)10)61(84)73(21)52(40(13)14)64(87)74(53)22/h23,25,35-48,50-54,77H,24,26-34H2,1-22H3,(H,65,80)(H,66,78)(H,67,79)/b25-23+. The second-order valence-corrected chi connectivity index (χ2v) is 28.5. The summed E-state index contributed by atoms with van der Waals surface area (Å²) in [5.41, 5.74) is 0. The molecule has 500 valence electrons. The molecule has 3 rings (SSSR count). The fourth-order valence-electron chi connectivity index (χ4n) is 12.1. The predicted octanol–water partition coefficient (Wildman–Crippen LogP) is 3.81. The number of carbonyl (C=O) groups excluding carboxylic acids is 11. The van der Waals surface area contributed by atoms with Gasteiger partial charge in [-0.2, -0.15) is 0 Å². The molecule has 0 saturated carbocycles.